The molecule has 1 unspecified atom stereocenters. The molecule has 1 aliphatic carbocycles. The summed E-state index contributed by atoms with van der Waals surface area (Å²) in [5.74, 6) is 2.49. The van der Waals surface area contributed by atoms with Crippen molar-refractivity contribution in [3.05, 3.63) is 119 Å². The van der Waals surface area contributed by atoms with Crippen LogP contribution in [0.5, 0.6) is 23.0 Å². The molecule has 0 heterocycles. The minimum atomic E-state index is 0. The van der Waals surface area contributed by atoms with Crippen LogP contribution in [0.1, 0.15) is 73.3 Å². The number of hydrogen-bond donors (Lipinski definition) is 2. The van der Waals surface area contributed by atoms with Crippen LogP contribution >= 0.6 is 24.8 Å². The van der Waals surface area contributed by atoms with Gasteiger partial charge in [-0.15, -0.1) is 24.8 Å². The third-order valence-corrected chi connectivity index (χ3v) is 9.38. The van der Waals surface area contributed by atoms with Crippen LogP contribution in [0, 0.1) is 0 Å². The number of nitrogens with one attached hydrogen (secondary N) is 1. The summed E-state index contributed by atoms with van der Waals surface area (Å²) in [6.45, 7) is 7.65. The van der Waals surface area contributed by atoms with E-state index in [1.54, 1.807) is 13.2 Å². The van der Waals surface area contributed by atoms with Gasteiger partial charge < -0.3 is 29.5 Å². The van der Waals surface area contributed by atoms with Crippen LogP contribution in [0.2, 0.25) is 0 Å². The van der Waals surface area contributed by atoms with Crippen molar-refractivity contribution in [2.75, 3.05) is 33.3 Å². The first-order valence-electron chi connectivity index (χ1n) is 17.9. The van der Waals surface area contributed by atoms with Crippen molar-refractivity contribution >= 4 is 24.8 Å². The number of nitrogens with zero attached hydrogens (tertiary/aromatic N) is 1. The van der Waals surface area contributed by atoms with Gasteiger partial charge in [0.1, 0.15) is 13.2 Å². The highest BCUT2D eigenvalue weighted by Crippen LogP contribution is 2.39. The summed E-state index contributed by atoms with van der Waals surface area (Å²) < 4.78 is 18.2. The van der Waals surface area contributed by atoms with E-state index in [0.29, 0.717) is 25.0 Å². The SMILES string of the molecule is CCCN(CCCCCCNCCc1ccc(O)c(OC)c1)C1CCc2c(ccc(OCc3ccccc3)c2OCc2ccccc2)C1.Cl.Cl. The third-order valence-electron chi connectivity index (χ3n) is 9.38. The van der Waals surface area contributed by atoms with Gasteiger partial charge in [-0.1, -0.05) is 92.6 Å². The summed E-state index contributed by atoms with van der Waals surface area (Å²) in [6.07, 6.45) is 10.3. The van der Waals surface area contributed by atoms with Crippen molar-refractivity contribution in [3.63, 3.8) is 0 Å². The molecule has 0 amide bonds. The molecule has 1 aliphatic rings. The maximum Gasteiger partial charge on any atom is 0.165 e. The van der Waals surface area contributed by atoms with E-state index in [2.05, 4.69) is 77.8 Å². The zero-order valence-corrected chi connectivity index (χ0v) is 31.4. The number of phenols is 1. The normalized spacial score (nSPS) is 13.5. The maximum atomic E-state index is 9.79. The number of phenolic OH excluding ortho intramolecular Hbond substituents is 1. The lowest BCUT2D eigenvalue weighted by atomic mass is 9.86. The predicted molar refractivity (Wildman–Crippen MR) is 210 cm³/mol. The largest absolute Gasteiger partial charge is 0.504 e. The van der Waals surface area contributed by atoms with E-state index < -0.39 is 0 Å². The van der Waals surface area contributed by atoms with Gasteiger partial charge in [-0.3, -0.25) is 0 Å². The standard InChI is InChI=1S/C42H54N2O4.2ClH/c1-3-27-44(28-13-5-4-12-25-43-26-24-33-18-22-39(45)41(29-33)46-2)37-20-21-38-36(30-37)19-23-40(47-31-34-14-8-6-9-15-34)42(38)48-32-35-16-10-7-11-17-35;;/h6-11,14-19,22-23,29,37,43,45H,3-5,12-13,20-21,24-28,30-32H2,1-2H3;2*1H. The van der Waals surface area contributed by atoms with Crippen molar-refractivity contribution in [1.82, 2.24) is 10.2 Å². The fourth-order valence-corrected chi connectivity index (χ4v) is 6.75. The van der Waals surface area contributed by atoms with Crippen LogP contribution < -0.4 is 19.5 Å². The third kappa shape index (κ3) is 12.4. The molecule has 2 N–H and O–H groups in total. The molecule has 0 fully saturated rings. The molecule has 8 heteroatoms. The first kappa shape index (κ1) is 41.0. The lowest BCUT2D eigenvalue weighted by Gasteiger charge is -2.36. The van der Waals surface area contributed by atoms with Gasteiger partial charge >= 0.3 is 0 Å². The van der Waals surface area contributed by atoms with E-state index in [4.69, 9.17) is 14.2 Å². The van der Waals surface area contributed by atoms with Crippen molar-refractivity contribution < 1.29 is 19.3 Å². The van der Waals surface area contributed by atoms with Gasteiger partial charge in [0.15, 0.2) is 23.0 Å². The topological polar surface area (TPSA) is 63.2 Å². The monoisotopic (exact) mass is 722 g/mol. The molecule has 4 aromatic rings. The molecule has 272 valence electrons. The Morgan fingerprint density at radius 3 is 2.14 bits per heavy atom. The van der Waals surface area contributed by atoms with Gasteiger partial charge in [0.25, 0.3) is 0 Å². The molecule has 0 bridgehead atoms. The van der Waals surface area contributed by atoms with E-state index in [-0.39, 0.29) is 30.6 Å². The van der Waals surface area contributed by atoms with Gasteiger partial charge in [-0.25, -0.2) is 0 Å². The minimum Gasteiger partial charge on any atom is -0.504 e. The Kier molecular flexibility index (Phi) is 18.4. The van der Waals surface area contributed by atoms with Crippen molar-refractivity contribution in [2.24, 2.45) is 0 Å². The Labute approximate surface area is 312 Å². The molecule has 1 atom stereocenters. The molecule has 5 rings (SSSR count). The molecule has 4 aromatic carbocycles. The van der Waals surface area contributed by atoms with Crippen LogP contribution in [-0.2, 0) is 32.5 Å². The van der Waals surface area contributed by atoms with Crippen molar-refractivity contribution in [2.45, 2.75) is 84.0 Å². The number of aromatic hydroxyl groups is 1. The van der Waals surface area contributed by atoms with E-state index in [9.17, 15) is 5.11 Å². The van der Waals surface area contributed by atoms with Gasteiger partial charge in [0, 0.05) is 11.6 Å². The summed E-state index contributed by atoms with van der Waals surface area (Å²) in [5, 5.41) is 13.4. The number of halogens is 2. The lowest BCUT2D eigenvalue weighted by Crippen LogP contribution is -2.40. The number of benzene rings is 4. The summed E-state index contributed by atoms with van der Waals surface area (Å²) in [7, 11) is 1.59. The highest BCUT2D eigenvalue weighted by atomic mass is 35.5. The number of fused-ring (bicyclic) bond motifs is 1. The first-order valence-corrected chi connectivity index (χ1v) is 17.9. The molecular formula is C42H56Cl2N2O4. The average Bonchev–Trinajstić information content (AvgIpc) is 3.13. The fourth-order valence-electron chi connectivity index (χ4n) is 6.75. The zero-order chi connectivity index (χ0) is 33.4. The first-order chi connectivity index (χ1) is 23.6. The van der Waals surface area contributed by atoms with Crippen molar-refractivity contribution in [3.8, 4) is 23.0 Å². The average molecular weight is 724 g/mol. The lowest BCUT2D eigenvalue weighted by molar-refractivity contribution is 0.174. The van der Waals surface area contributed by atoms with Gasteiger partial charge in [0.2, 0.25) is 0 Å². The minimum absolute atomic E-state index is 0. The summed E-state index contributed by atoms with van der Waals surface area (Å²) in [5.41, 5.74) is 6.22. The second kappa shape index (κ2) is 22.4. The number of hydrogen-bond acceptors (Lipinski definition) is 6. The quantitative estimate of drug-likeness (QED) is 0.0887. The van der Waals surface area contributed by atoms with Crippen LogP contribution in [-0.4, -0.2) is 49.3 Å². The molecule has 0 saturated heterocycles. The van der Waals surface area contributed by atoms with E-state index in [1.807, 2.05) is 24.3 Å². The molecule has 0 aliphatic heterocycles. The number of ether oxygens (including phenoxy) is 3. The number of unbranched alkanes of at least 4 members (excludes halogenated alkanes) is 3. The van der Waals surface area contributed by atoms with E-state index in [1.165, 1.54) is 55.3 Å². The molecule has 0 spiro atoms. The molecule has 0 aromatic heterocycles. The van der Waals surface area contributed by atoms with Crippen molar-refractivity contribution in [1.29, 1.82) is 0 Å². The van der Waals surface area contributed by atoms with Gasteiger partial charge in [0.05, 0.1) is 7.11 Å². The highest BCUT2D eigenvalue weighted by Gasteiger charge is 2.27. The summed E-state index contributed by atoms with van der Waals surface area (Å²) in [4.78, 5) is 2.75. The predicted octanol–water partition coefficient (Wildman–Crippen LogP) is 9.36. The molecule has 0 radical (unpaired) electrons. The molecule has 6 nitrogen and oxygen atoms in total. The Bertz CT molecular complexity index is 1520. The van der Waals surface area contributed by atoms with E-state index >= 15 is 0 Å². The smallest absolute Gasteiger partial charge is 0.165 e. The van der Waals surface area contributed by atoms with Gasteiger partial charge in [-0.05, 0) is 112 Å². The zero-order valence-electron chi connectivity index (χ0n) is 29.8. The maximum absolute atomic E-state index is 9.79. The van der Waals surface area contributed by atoms with Crippen LogP contribution in [0.3, 0.4) is 0 Å². The molecular weight excluding hydrogens is 667 g/mol. The molecule has 0 saturated carbocycles. The number of rotatable bonds is 20. The Morgan fingerprint density at radius 2 is 1.44 bits per heavy atom. The van der Waals surface area contributed by atoms with Crippen LogP contribution in [0.4, 0.5) is 0 Å². The summed E-state index contributed by atoms with van der Waals surface area (Å²) >= 11 is 0. The van der Waals surface area contributed by atoms with Gasteiger partial charge in [-0.2, -0.15) is 0 Å². The second-order valence-electron chi connectivity index (χ2n) is 12.9. The summed E-state index contributed by atoms with van der Waals surface area (Å²) in [6, 6.07) is 31.3. The second-order valence-corrected chi connectivity index (χ2v) is 12.9. The Morgan fingerprint density at radius 1 is 0.740 bits per heavy atom. The van der Waals surface area contributed by atoms with E-state index in [0.717, 1.165) is 67.9 Å². The molecule has 50 heavy (non-hydrogen) atoms. The Hall–Kier alpha value is -3.42. The Balaban J connectivity index is 0.00000338. The number of methoxy groups -OCH3 is 1. The van der Waals surface area contributed by atoms with Crippen LogP contribution in [0.25, 0.3) is 0 Å². The fraction of sp³-hybridized carbons (Fsp3) is 0.429. The highest BCUT2D eigenvalue weighted by molar-refractivity contribution is 5.85. The van der Waals surface area contributed by atoms with Crippen LogP contribution in [0.15, 0.2) is 91.0 Å².